The van der Waals surface area contributed by atoms with Crippen LogP contribution in [0.2, 0.25) is 0 Å². The maximum Gasteiger partial charge on any atom is 0.265 e. The Labute approximate surface area is 173 Å². The highest BCUT2D eigenvalue weighted by molar-refractivity contribution is 7.94. The molecule has 0 spiro atoms. The molecule has 1 amide bonds. The Balaban J connectivity index is 1.74. The fourth-order valence-electron chi connectivity index (χ4n) is 3.26. The summed E-state index contributed by atoms with van der Waals surface area (Å²) in [5.74, 6) is -0.807. The second kappa shape index (κ2) is 7.06. The maximum absolute atomic E-state index is 13.0. The van der Waals surface area contributed by atoms with Gasteiger partial charge in [0.05, 0.1) is 30.2 Å². The number of nitrogens with zero attached hydrogens (tertiary/aromatic N) is 1. The number of hydrogen-bond acceptors (Lipinski definition) is 8. The van der Waals surface area contributed by atoms with E-state index in [4.69, 9.17) is 14.2 Å². The van der Waals surface area contributed by atoms with Gasteiger partial charge < -0.3 is 14.2 Å². The summed E-state index contributed by atoms with van der Waals surface area (Å²) in [4.78, 5) is 12.0. The SMILES string of the molecule is COc1ccc(N2C(=O)[C@H](C)CS2(=O)=O)cc1S(=O)(=O)Nc1ccc2c(c1)OCO2. The maximum atomic E-state index is 13.0. The average Bonchev–Trinajstić information content (AvgIpc) is 3.22. The van der Waals surface area contributed by atoms with Crippen LogP contribution in [-0.4, -0.2) is 42.4 Å². The largest absolute Gasteiger partial charge is 0.495 e. The standard InChI is InChI=1S/C18H18N2O8S2/c1-11-9-29(22,23)20(18(11)21)13-4-6-15(26-2)17(8-13)30(24,25)19-12-3-5-14-16(7-12)28-10-27-14/h3-8,11,19H,9-10H2,1-2H3/t11-/m1/s1. The van der Waals surface area contributed by atoms with Crippen LogP contribution in [0.15, 0.2) is 41.3 Å². The molecule has 0 aromatic heterocycles. The first-order valence-corrected chi connectivity index (χ1v) is 11.9. The van der Waals surface area contributed by atoms with E-state index in [1.807, 2.05) is 0 Å². The summed E-state index contributed by atoms with van der Waals surface area (Å²) in [5.41, 5.74) is 0.140. The minimum Gasteiger partial charge on any atom is -0.495 e. The van der Waals surface area contributed by atoms with Gasteiger partial charge in [0.1, 0.15) is 10.6 Å². The van der Waals surface area contributed by atoms with E-state index in [0.29, 0.717) is 15.8 Å². The van der Waals surface area contributed by atoms with Crippen molar-refractivity contribution in [3.63, 3.8) is 0 Å². The molecule has 2 aromatic rings. The third kappa shape index (κ3) is 3.41. The number of anilines is 2. The number of carbonyl (C=O) groups is 1. The Morgan fingerprint density at radius 2 is 1.87 bits per heavy atom. The molecular formula is C18H18N2O8S2. The number of carbonyl (C=O) groups excluding carboxylic acids is 1. The van der Waals surface area contributed by atoms with Crippen LogP contribution in [0.1, 0.15) is 6.92 Å². The van der Waals surface area contributed by atoms with E-state index in [2.05, 4.69) is 4.72 Å². The van der Waals surface area contributed by atoms with Crippen LogP contribution in [0.25, 0.3) is 0 Å². The number of rotatable bonds is 5. The van der Waals surface area contributed by atoms with Crippen molar-refractivity contribution in [3.05, 3.63) is 36.4 Å². The third-order valence-corrected chi connectivity index (χ3v) is 7.93. The molecule has 10 nitrogen and oxygen atoms in total. The van der Waals surface area contributed by atoms with Crippen molar-refractivity contribution in [1.29, 1.82) is 0 Å². The summed E-state index contributed by atoms with van der Waals surface area (Å²) >= 11 is 0. The first-order valence-electron chi connectivity index (χ1n) is 8.80. The zero-order chi connectivity index (χ0) is 21.7. The van der Waals surface area contributed by atoms with Gasteiger partial charge in [-0.1, -0.05) is 6.92 Å². The lowest BCUT2D eigenvalue weighted by Gasteiger charge is -2.18. The molecule has 1 atom stereocenters. The molecule has 0 aliphatic carbocycles. The zero-order valence-electron chi connectivity index (χ0n) is 16.0. The molecule has 2 aromatic carbocycles. The number of fused-ring (bicyclic) bond motifs is 1. The molecule has 4 rings (SSSR count). The Morgan fingerprint density at radius 1 is 1.13 bits per heavy atom. The predicted octanol–water partition coefficient (Wildman–Crippen LogP) is 1.54. The van der Waals surface area contributed by atoms with Crippen molar-refractivity contribution >= 4 is 37.3 Å². The van der Waals surface area contributed by atoms with Crippen molar-refractivity contribution in [3.8, 4) is 17.2 Å². The molecule has 2 aliphatic rings. The second-order valence-electron chi connectivity index (χ2n) is 6.79. The predicted molar refractivity (Wildman–Crippen MR) is 107 cm³/mol. The Bertz CT molecular complexity index is 1240. The van der Waals surface area contributed by atoms with E-state index in [9.17, 15) is 21.6 Å². The Hall–Kier alpha value is -2.99. The van der Waals surface area contributed by atoms with Crippen LogP contribution in [-0.2, 0) is 24.8 Å². The molecule has 1 N–H and O–H groups in total. The van der Waals surface area contributed by atoms with Gasteiger partial charge in [-0.15, -0.1) is 0 Å². The second-order valence-corrected chi connectivity index (χ2v) is 10.3. The lowest BCUT2D eigenvalue weighted by atomic mass is 10.2. The lowest BCUT2D eigenvalue weighted by Crippen LogP contribution is -2.30. The molecule has 1 fully saturated rings. The normalized spacial score (nSPS) is 19.7. The molecule has 2 aliphatic heterocycles. The van der Waals surface area contributed by atoms with Gasteiger partial charge in [0.15, 0.2) is 11.5 Å². The molecule has 1 saturated heterocycles. The van der Waals surface area contributed by atoms with E-state index in [1.54, 1.807) is 6.07 Å². The van der Waals surface area contributed by atoms with E-state index in [-0.39, 0.29) is 34.6 Å². The summed E-state index contributed by atoms with van der Waals surface area (Å²) in [6, 6.07) is 8.25. The summed E-state index contributed by atoms with van der Waals surface area (Å²) in [7, 11) is -6.80. The highest BCUT2D eigenvalue weighted by atomic mass is 32.2. The fraction of sp³-hybridized carbons (Fsp3) is 0.278. The zero-order valence-corrected chi connectivity index (χ0v) is 17.6. The smallest absolute Gasteiger partial charge is 0.265 e. The van der Waals surface area contributed by atoms with Crippen molar-refractivity contribution in [1.82, 2.24) is 0 Å². The number of sulfonamides is 2. The molecule has 12 heteroatoms. The van der Waals surface area contributed by atoms with E-state index in [0.717, 1.165) is 6.07 Å². The molecule has 2 heterocycles. The number of amides is 1. The van der Waals surface area contributed by atoms with Crippen molar-refractivity contribution in [2.75, 3.05) is 28.7 Å². The molecule has 160 valence electrons. The first kappa shape index (κ1) is 20.3. The van der Waals surface area contributed by atoms with Crippen LogP contribution < -0.4 is 23.2 Å². The fourth-order valence-corrected chi connectivity index (χ4v) is 6.31. The summed E-state index contributed by atoms with van der Waals surface area (Å²) in [6.45, 7) is 1.54. The van der Waals surface area contributed by atoms with Gasteiger partial charge in [0, 0.05) is 6.07 Å². The highest BCUT2D eigenvalue weighted by Gasteiger charge is 2.42. The topological polar surface area (TPSA) is 128 Å². The molecule has 0 unspecified atom stereocenters. The lowest BCUT2D eigenvalue weighted by molar-refractivity contribution is -0.119. The molecule has 0 saturated carbocycles. The van der Waals surface area contributed by atoms with Crippen molar-refractivity contribution in [2.45, 2.75) is 11.8 Å². The minimum atomic E-state index is -4.20. The highest BCUT2D eigenvalue weighted by Crippen LogP contribution is 2.37. The summed E-state index contributed by atoms with van der Waals surface area (Å²) in [6.07, 6.45) is 0. The van der Waals surface area contributed by atoms with Crippen LogP contribution in [0, 0.1) is 5.92 Å². The average molecular weight is 454 g/mol. The van der Waals surface area contributed by atoms with Crippen LogP contribution in [0.4, 0.5) is 11.4 Å². The Kier molecular flexibility index (Phi) is 4.77. The van der Waals surface area contributed by atoms with E-state index >= 15 is 0 Å². The van der Waals surface area contributed by atoms with Crippen LogP contribution in [0.5, 0.6) is 17.2 Å². The van der Waals surface area contributed by atoms with E-state index in [1.165, 1.54) is 38.3 Å². The van der Waals surface area contributed by atoms with Gasteiger partial charge in [-0.25, -0.2) is 21.1 Å². The quantitative estimate of drug-likeness (QED) is 0.720. The number of hydrogen-bond donors (Lipinski definition) is 1. The Morgan fingerprint density at radius 3 is 2.53 bits per heavy atom. The van der Waals surface area contributed by atoms with Gasteiger partial charge >= 0.3 is 0 Å². The van der Waals surface area contributed by atoms with Crippen LogP contribution in [0.3, 0.4) is 0 Å². The third-order valence-electron chi connectivity index (χ3n) is 4.66. The minimum absolute atomic E-state index is 0.0101. The van der Waals surface area contributed by atoms with Gasteiger partial charge in [-0.2, -0.15) is 0 Å². The monoisotopic (exact) mass is 454 g/mol. The van der Waals surface area contributed by atoms with Gasteiger partial charge in [0.2, 0.25) is 22.7 Å². The van der Waals surface area contributed by atoms with Gasteiger partial charge in [-0.3, -0.25) is 9.52 Å². The molecule has 30 heavy (non-hydrogen) atoms. The van der Waals surface area contributed by atoms with Gasteiger partial charge in [0.25, 0.3) is 10.0 Å². The number of nitrogens with one attached hydrogen (secondary N) is 1. The van der Waals surface area contributed by atoms with Gasteiger partial charge in [-0.05, 0) is 30.3 Å². The number of methoxy groups -OCH3 is 1. The van der Waals surface area contributed by atoms with Crippen LogP contribution >= 0.6 is 0 Å². The summed E-state index contributed by atoms with van der Waals surface area (Å²) in [5, 5.41) is 0. The molecule has 0 bridgehead atoms. The first-order chi connectivity index (χ1) is 14.1. The number of ether oxygens (including phenoxy) is 3. The van der Waals surface area contributed by atoms with Crippen molar-refractivity contribution in [2.24, 2.45) is 5.92 Å². The summed E-state index contributed by atoms with van der Waals surface area (Å²) < 4.78 is 69.5. The molecular weight excluding hydrogens is 436 g/mol. The molecule has 0 radical (unpaired) electrons. The number of benzene rings is 2. The van der Waals surface area contributed by atoms with Crippen molar-refractivity contribution < 1.29 is 35.8 Å². The van der Waals surface area contributed by atoms with E-state index < -0.39 is 31.9 Å².